The molecule has 0 bridgehead atoms. The number of hydrogen-bond acceptors (Lipinski definition) is 5. The third kappa shape index (κ3) is 3.74. The SMILES string of the molecule is O=C(Nc1n[nH]c(C2CCC2)n1)C1CCN(S(=O)(=O)c2ccccc2)CC1. The highest BCUT2D eigenvalue weighted by Gasteiger charge is 2.32. The lowest BCUT2D eigenvalue weighted by Crippen LogP contribution is -2.41. The van der Waals surface area contributed by atoms with Gasteiger partial charge < -0.3 is 0 Å². The molecule has 1 aromatic carbocycles. The summed E-state index contributed by atoms with van der Waals surface area (Å²) < 4.78 is 26.8. The van der Waals surface area contributed by atoms with Crippen LogP contribution in [-0.2, 0) is 14.8 Å². The number of rotatable bonds is 5. The van der Waals surface area contributed by atoms with Gasteiger partial charge in [-0.1, -0.05) is 24.6 Å². The van der Waals surface area contributed by atoms with Crippen LogP contribution in [0.1, 0.15) is 43.8 Å². The number of aromatic amines is 1. The molecule has 1 saturated heterocycles. The molecular weight excluding hydrogens is 366 g/mol. The van der Waals surface area contributed by atoms with Gasteiger partial charge in [-0.15, -0.1) is 5.10 Å². The van der Waals surface area contributed by atoms with Crippen molar-refractivity contribution in [2.45, 2.75) is 42.9 Å². The monoisotopic (exact) mass is 389 g/mol. The second kappa shape index (κ2) is 7.40. The van der Waals surface area contributed by atoms with Crippen molar-refractivity contribution < 1.29 is 13.2 Å². The number of carbonyl (C=O) groups is 1. The summed E-state index contributed by atoms with van der Waals surface area (Å²) in [5, 5.41) is 9.73. The predicted octanol–water partition coefficient (Wildman–Crippen LogP) is 2.11. The summed E-state index contributed by atoms with van der Waals surface area (Å²) in [4.78, 5) is 17.1. The minimum absolute atomic E-state index is 0.147. The van der Waals surface area contributed by atoms with Crippen LogP contribution in [0.15, 0.2) is 35.2 Å². The lowest BCUT2D eigenvalue weighted by atomic mass is 9.85. The largest absolute Gasteiger partial charge is 0.293 e. The van der Waals surface area contributed by atoms with E-state index < -0.39 is 10.0 Å². The zero-order chi connectivity index (χ0) is 18.9. The number of aromatic nitrogens is 3. The van der Waals surface area contributed by atoms with Crippen molar-refractivity contribution >= 4 is 21.9 Å². The molecule has 0 unspecified atom stereocenters. The van der Waals surface area contributed by atoms with Gasteiger partial charge >= 0.3 is 0 Å². The highest BCUT2D eigenvalue weighted by molar-refractivity contribution is 7.89. The van der Waals surface area contributed by atoms with Gasteiger partial charge in [0, 0.05) is 24.9 Å². The van der Waals surface area contributed by atoms with Crippen LogP contribution in [0, 0.1) is 5.92 Å². The summed E-state index contributed by atoms with van der Waals surface area (Å²) in [6, 6.07) is 8.40. The average molecular weight is 389 g/mol. The van der Waals surface area contributed by atoms with Gasteiger partial charge in [0.1, 0.15) is 5.82 Å². The Morgan fingerprint density at radius 3 is 2.44 bits per heavy atom. The van der Waals surface area contributed by atoms with Crippen molar-refractivity contribution in [1.82, 2.24) is 19.5 Å². The maximum atomic E-state index is 12.7. The summed E-state index contributed by atoms with van der Waals surface area (Å²) >= 11 is 0. The van der Waals surface area contributed by atoms with Crippen LogP contribution in [0.2, 0.25) is 0 Å². The fourth-order valence-electron chi connectivity index (χ4n) is 3.51. The molecular formula is C18H23N5O3S. The number of sulfonamides is 1. The van der Waals surface area contributed by atoms with Gasteiger partial charge in [-0.05, 0) is 37.8 Å². The Kier molecular flexibility index (Phi) is 4.96. The van der Waals surface area contributed by atoms with E-state index in [-0.39, 0.29) is 16.7 Å². The number of nitrogens with zero attached hydrogens (tertiary/aromatic N) is 3. The Morgan fingerprint density at radius 1 is 1.11 bits per heavy atom. The third-order valence-corrected chi connectivity index (χ3v) is 7.35. The van der Waals surface area contributed by atoms with Crippen LogP contribution in [0.4, 0.5) is 5.95 Å². The summed E-state index contributed by atoms with van der Waals surface area (Å²) in [6.07, 6.45) is 4.39. The quantitative estimate of drug-likeness (QED) is 0.814. The zero-order valence-electron chi connectivity index (χ0n) is 15.0. The minimum Gasteiger partial charge on any atom is -0.293 e. The summed E-state index contributed by atoms with van der Waals surface area (Å²) in [6.45, 7) is 0.660. The van der Waals surface area contributed by atoms with E-state index in [1.807, 2.05) is 0 Å². The Labute approximate surface area is 158 Å². The highest BCUT2D eigenvalue weighted by atomic mass is 32.2. The number of amides is 1. The number of anilines is 1. The first-order valence-electron chi connectivity index (χ1n) is 9.32. The molecule has 2 aliphatic rings. The fourth-order valence-corrected chi connectivity index (χ4v) is 5.00. The number of benzene rings is 1. The molecule has 8 nitrogen and oxygen atoms in total. The van der Waals surface area contributed by atoms with Crippen molar-refractivity contribution in [2.24, 2.45) is 5.92 Å². The van der Waals surface area contributed by atoms with E-state index in [1.165, 1.54) is 10.7 Å². The van der Waals surface area contributed by atoms with Gasteiger partial charge in [0.25, 0.3) is 0 Å². The second-order valence-electron chi connectivity index (χ2n) is 7.15. The van der Waals surface area contributed by atoms with E-state index in [2.05, 4.69) is 20.5 Å². The summed E-state index contributed by atoms with van der Waals surface area (Å²) in [5.41, 5.74) is 0. The lowest BCUT2D eigenvalue weighted by molar-refractivity contribution is -0.121. The van der Waals surface area contributed by atoms with E-state index in [1.54, 1.807) is 30.3 Å². The van der Waals surface area contributed by atoms with E-state index in [0.29, 0.717) is 37.8 Å². The topological polar surface area (TPSA) is 108 Å². The first-order chi connectivity index (χ1) is 13.0. The first-order valence-corrected chi connectivity index (χ1v) is 10.8. The molecule has 0 radical (unpaired) electrons. The molecule has 1 aromatic heterocycles. The molecule has 2 N–H and O–H groups in total. The van der Waals surface area contributed by atoms with Crippen LogP contribution in [0.5, 0.6) is 0 Å². The van der Waals surface area contributed by atoms with Gasteiger partial charge in [0.15, 0.2) is 0 Å². The van der Waals surface area contributed by atoms with Gasteiger partial charge in [0.05, 0.1) is 4.90 Å². The molecule has 0 spiro atoms. The Hall–Kier alpha value is -2.26. The van der Waals surface area contributed by atoms with Gasteiger partial charge in [-0.3, -0.25) is 15.2 Å². The number of carbonyl (C=O) groups excluding carboxylic acids is 1. The van der Waals surface area contributed by atoms with Gasteiger partial charge in [-0.2, -0.15) is 9.29 Å². The van der Waals surface area contributed by atoms with Crippen molar-refractivity contribution in [2.75, 3.05) is 18.4 Å². The predicted molar refractivity (Wildman–Crippen MR) is 99.5 cm³/mol. The third-order valence-electron chi connectivity index (χ3n) is 5.44. The molecule has 144 valence electrons. The molecule has 9 heteroatoms. The van der Waals surface area contributed by atoms with Crippen LogP contribution in [0.3, 0.4) is 0 Å². The summed E-state index contributed by atoms with van der Waals surface area (Å²) in [5.74, 6) is 1.18. The Balaban J connectivity index is 1.33. The molecule has 2 fully saturated rings. The Morgan fingerprint density at radius 2 is 1.81 bits per heavy atom. The van der Waals surface area contributed by atoms with Crippen molar-refractivity contribution in [3.63, 3.8) is 0 Å². The molecule has 2 heterocycles. The molecule has 1 saturated carbocycles. The first kappa shape index (κ1) is 18.1. The van der Waals surface area contributed by atoms with E-state index in [9.17, 15) is 13.2 Å². The van der Waals surface area contributed by atoms with Crippen molar-refractivity contribution in [3.05, 3.63) is 36.2 Å². The summed E-state index contributed by atoms with van der Waals surface area (Å²) in [7, 11) is -3.50. The number of H-pyrrole nitrogens is 1. The fraction of sp³-hybridized carbons (Fsp3) is 0.500. The minimum atomic E-state index is -3.50. The standard InChI is InChI=1S/C18H23N5O3S/c24-17(20-18-19-16(21-22-18)13-5-4-6-13)14-9-11-23(12-10-14)27(25,26)15-7-2-1-3-8-15/h1-3,7-8,13-14H,4-6,9-12H2,(H2,19,20,21,22,24). The van der Waals surface area contributed by atoms with Crippen LogP contribution < -0.4 is 5.32 Å². The molecule has 2 aromatic rings. The molecule has 27 heavy (non-hydrogen) atoms. The van der Waals surface area contributed by atoms with Crippen molar-refractivity contribution in [3.8, 4) is 0 Å². The van der Waals surface area contributed by atoms with Gasteiger partial charge in [-0.25, -0.2) is 8.42 Å². The molecule has 0 atom stereocenters. The normalized spacial score (nSPS) is 19.6. The zero-order valence-corrected chi connectivity index (χ0v) is 15.8. The second-order valence-corrected chi connectivity index (χ2v) is 9.09. The van der Waals surface area contributed by atoms with Crippen LogP contribution in [0.25, 0.3) is 0 Å². The van der Waals surface area contributed by atoms with E-state index in [4.69, 9.17) is 0 Å². The van der Waals surface area contributed by atoms with Gasteiger partial charge in [0.2, 0.25) is 21.9 Å². The smallest absolute Gasteiger partial charge is 0.248 e. The van der Waals surface area contributed by atoms with E-state index >= 15 is 0 Å². The molecule has 1 aliphatic carbocycles. The average Bonchev–Trinajstić information content (AvgIpc) is 3.09. The highest BCUT2D eigenvalue weighted by Crippen LogP contribution is 2.34. The lowest BCUT2D eigenvalue weighted by Gasteiger charge is -2.30. The van der Waals surface area contributed by atoms with E-state index in [0.717, 1.165) is 18.7 Å². The molecule has 1 amide bonds. The molecule has 1 aliphatic heterocycles. The van der Waals surface area contributed by atoms with Crippen LogP contribution >= 0.6 is 0 Å². The number of nitrogens with one attached hydrogen (secondary N) is 2. The van der Waals surface area contributed by atoms with Crippen molar-refractivity contribution in [1.29, 1.82) is 0 Å². The Bertz CT molecular complexity index is 900. The number of hydrogen-bond donors (Lipinski definition) is 2. The van der Waals surface area contributed by atoms with Crippen LogP contribution in [-0.4, -0.2) is 46.9 Å². The maximum Gasteiger partial charge on any atom is 0.248 e. The molecule has 4 rings (SSSR count). The maximum absolute atomic E-state index is 12.7. The number of piperidine rings is 1.